The number of hydrogen-bond acceptors (Lipinski definition) is 4. The summed E-state index contributed by atoms with van der Waals surface area (Å²) in [4.78, 5) is 7.39. The number of benzene rings is 7. The number of rotatable bonds is 5. The number of fused-ring (bicyclic) bond motifs is 8. The molecule has 2 aromatic heterocycles. The fourth-order valence-corrected chi connectivity index (χ4v) is 7.86. The Bertz CT molecular complexity index is 2720. The minimum atomic E-state index is -0.104. The third-order valence-electron chi connectivity index (χ3n) is 10.3. The van der Waals surface area contributed by atoms with Crippen molar-refractivity contribution in [2.45, 2.75) is 19.3 Å². The average Bonchev–Trinajstić information content (AvgIpc) is 3.84. The molecule has 9 aromatic rings. The van der Waals surface area contributed by atoms with Crippen LogP contribution in [0.1, 0.15) is 25.0 Å². The molecule has 0 saturated carbocycles. The van der Waals surface area contributed by atoms with E-state index in [9.17, 15) is 0 Å². The minimum absolute atomic E-state index is 0.104. The molecule has 1 aliphatic carbocycles. The fraction of sp³-hybridized carbons (Fsp3) is 0.0652. The first-order valence-electron chi connectivity index (χ1n) is 17.0. The molecule has 50 heavy (non-hydrogen) atoms. The van der Waals surface area contributed by atoms with Crippen LogP contribution in [0, 0.1) is 0 Å². The van der Waals surface area contributed by atoms with E-state index in [-0.39, 0.29) is 5.41 Å². The average molecular weight is 645 g/mol. The number of aromatic nitrogens is 1. The van der Waals surface area contributed by atoms with Crippen molar-refractivity contribution in [1.29, 1.82) is 0 Å². The van der Waals surface area contributed by atoms with Gasteiger partial charge in [0, 0.05) is 33.3 Å². The van der Waals surface area contributed by atoms with Gasteiger partial charge in [-0.15, -0.1) is 0 Å². The lowest BCUT2D eigenvalue weighted by Gasteiger charge is -2.29. The highest BCUT2D eigenvalue weighted by molar-refractivity contribution is 6.16. The normalized spacial score (nSPS) is 13.2. The van der Waals surface area contributed by atoms with E-state index in [1.807, 2.05) is 30.3 Å². The Balaban J connectivity index is 1.11. The van der Waals surface area contributed by atoms with Gasteiger partial charge in [0.1, 0.15) is 16.7 Å². The molecule has 238 valence electrons. The standard InChI is InChI=1S/C46H32N2O2/c1-46(2)36-15-8-6-13-34(36)42-37(46)16-10-17-38(42)48(32-23-19-30(20-24-32)29-11-4-3-5-12-29)33-25-21-31(22-26-33)45-47-44-41(50-45)28-27-40-43(44)35-14-7-9-18-39(35)49-40/h3-28H,1-2H3. The first kappa shape index (κ1) is 28.6. The molecule has 4 heteroatoms. The van der Waals surface area contributed by atoms with Crippen LogP contribution < -0.4 is 4.90 Å². The van der Waals surface area contributed by atoms with Crippen molar-refractivity contribution in [1.82, 2.24) is 4.98 Å². The van der Waals surface area contributed by atoms with Crippen molar-refractivity contribution in [3.63, 3.8) is 0 Å². The zero-order valence-electron chi connectivity index (χ0n) is 27.7. The van der Waals surface area contributed by atoms with Gasteiger partial charge in [-0.3, -0.25) is 0 Å². The molecule has 2 heterocycles. The van der Waals surface area contributed by atoms with Crippen LogP contribution >= 0.6 is 0 Å². The number of furan rings is 1. The second-order valence-corrected chi connectivity index (χ2v) is 13.6. The van der Waals surface area contributed by atoms with E-state index >= 15 is 0 Å². The van der Waals surface area contributed by atoms with E-state index in [1.165, 1.54) is 33.4 Å². The lowest BCUT2D eigenvalue weighted by Crippen LogP contribution is -2.16. The highest BCUT2D eigenvalue weighted by Crippen LogP contribution is 2.54. The first-order valence-corrected chi connectivity index (χ1v) is 17.0. The SMILES string of the molecule is CC1(C)c2ccccc2-c2c(N(c3ccc(-c4ccccc4)cc3)c3ccc(-c4nc5c(ccc6oc7ccccc7c65)o4)cc3)cccc21. The number of oxazole rings is 1. The minimum Gasteiger partial charge on any atom is -0.456 e. The fourth-order valence-electron chi connectivity index (χ4n) is 7.86. The van der Waals surface area contributed by atoms with Crippen LogP contribution in [-0.4, -0.2) is 4.98 Å². The van der Waals surface area contributed by atoms with Crippen molar-refractivity contribution < 1.29 is 8.83 Å². The Morgan fingerprint density at radius 2 is 1.14 bits per heavy atom. The van der Waals surface area contributed by atoms with E-state index in [0.717, 1.165) is 55.7 Å². The third kappa shape index (κ3) is 4.28. The molecule has 0 spiro atoms. The molecule has 1 aliphatic rings. The van der Waals surface area contributed by atoms with E-state index in [4.69, 9.17) is 13.8 Å². The topological polar surface area (TPSA) is 42.4 Å². The summed E-state index contributed by atoms with van der Waals surface area (Å²) in [5.74, 6) is 0.583. The van der Waals surface area contributed by atoms with Crippen LogP contribution in [0.5, 0.6) is 0 Å². The Hall–Kier alpha value is -6.39. The Labute approximate surface area is 289 Å². The largest absolute Gasteiger partial charge is 0.456 e. The second kappa shape index (κ2) is 10.8. The van der Waals surface area contributed by atoms with Gasteiger partial charge < -0.3 is 13.7 Å². The summed E-state index contributed by atoms with van der Waals surface area (Å²) in [6.07, 6.45) is 0. The van der Waals surface area contributed by atoms with E-state index in [0.29, 0.717) is 5.89 Å². The van der Waals surface area contributed by atoms with Gasteiger partial charge in [-0.05, 0) is 88.5 Å². The summed E-state index contributed by atoms with van der Waals surface area (Å²) >= 11 is 0. The smallest absolute Gasteiger partial charge is 0.227 e. The van der Waals surface area contributed by atoms with Gasteiger partial charge in [-0.1, -0.05) is 111 Å². The van der Waals surface area contributed by atoms with E-state index in [1.54, 1.807) is 0 Å². The zero-order chi connectivity index (χ0) is 33.4. The molecule has 0 amide bonds. The predicted molar refractivity (Wildman–Crippen MR) is 204 cm³/mol. The molecule has 0 saturated heterocycles. The molecule has 0 fully saturated rings. The van der Waals surface area contributed by atoms with E-state index < -0.39 is 0 Å². The van der Waals surface area contributed by atoms with Crippen LogP contribution in [0.25, 0.3) is 66.7 Å². The molecule has 0 bridgehead atoms. The van der Waals surface area contributed by atoms with Gasteiger partial charge in [0.05, 0.1) is 11.1 Å². The number of nitrogens with zero attached hydrogens (tertiary/aromatic N) is 2. The molecule has 0 aliphatic heterocycles. The first-order chi connectivity index (χ1) is 24.5. The molecule has 4 nitrogen and oxygen atoms in total. The Morgan fingerprint density at radius 1 is 0.500 bits per heavy atom. The van der Waals surface area contributed by atoms with Crippen molar-refractivity contribution in [3.05, 3.63) is 169 Å². The maximum atomic E-state index is 6.36. The summed E-state index contributed by atoms with van der Waals surface area (Å²) in [5.41, 5.74) is 14.9. The summed E-state index contributed by atoms with van der Waals surface area (Å²) in [7, 11) is 0. The third-order valence-corrected chi connectivity index (χ3v) is 10.3. The van der Waals surface area contributed by atoms with Crippen molar-refractivity contribution >= 4 is 50.1 Å². The molecule has 0 atom stereocenters. The predicted octanol–water partition coefficient (Wildman–Crippen LogP) is 12.8. The molecule has 0 N–H and O–H groups in total. The highest BCUT2D eigenvalue weighted by atomic mass is 16.4. The van der Waals surface area contributed by atoms with Gasteiger partial charge >= 0.3 is 0 Å². The second-order valence-electron chi connectivity index (χ2n) is 13.6. The van der Waals surface area contributed by atoms with Crippen LogP contribution in [0.15, 0.2) is 167 Å². The molecule has 7 aromatic carbocycles. The maximum Gasteiger partial charge on any atom is 0.227 e. The van der Waals surface area contributed by atoms with Crippen molar-refractivity contribution in [2.24, 2.45) is 0 Å². The molecule has 0 unspecified atom stereocenters. The molecular formula is C46H32N2O2. The van der Waals surface area contributed by atoms with Crippen LogP contribution in [0.3, 0.4) is 0 Å². The Morgan fingerprint density at radius 3 is 1.94 bits per heavy atom. The van der Waals surface area contributed by atoms with Gasteiger partial charge in [-0.2, -0.15) is 0 Å². The summed E-state index contributed by atoms with van der Waals surface area (Å²) in [6.45, 7) is 4.66. The number of para-hydroxylation sites is 1. The lowest BCUT2D eigenvalue weighted by atomic mass is 9.82. The highest BCUT2D eigenvalue weighted by Gasteiger charge is 2.37. The zero-order valence-corrected chi connectivity index (χ0v) is 27.7. The van der Waals surface area contributed by atoms with Crippen LogP contribution in [0.4, 0.5) is 17.1 Å². The maximum absolute atomic E-state index is 6.36. The lowest BCUT2D eigenvalue weighted by molar-refractivity contribution is 0.619. The summed E-state index contributed by atoms with van der Waals surface area (Å²) in [6, 6.07) is 55.5. The number of anilines is 3. The molecule has 10 rings (SSSR count). The van der Waals surface area contributed by atoms with Crippen LogP contribution in [0.2, 0.25) is 0 Å². The van der Waals surface area contributed by atoms with Crippen molar-refractivity contribution in [3.8, 4) is 33.7 Å². The van der Waals surface area contributed by atoms with Gasteiger partial charge in [-0.25, -0.2) is 4.98 Å². The van der Waals surface area contributed by atoms with Gasteiger partial charge in [0.25, 0.3) is 0 Å². The quantitative estimate of drug-likeness (QED) is 0.187. The number of hydrogen-bond donors (Lipinski definition) is 0. The Kier molecular flexibility index (Phi) is 6.19. The van der Waals surface area contributed by atoms with E-state index in [2.05, 4.69) is 146 Å². The molecule has 0 radical (unpaired) electrons. The molecular weight excluding hydrogens is 613 g/mol. The summed E-state index contributed by atoms with van der Waals surface area (Å²) < 4.78 is 12.5. The van der Waals surface area contributed by atoms with Crippen LogP contribution in [-0.2, 0) is 5.41 Å². The van der Waals surface area contributed by atoms with Gasteiger partial charge in [0.2, 0.25) is 5.89 Å². The van der Waals surface area contributed by atoms with Gasteiger partial charge in [0.15, 0.2) is 5.58 Å². The summed E-state index contributed by atoms with van der Waals surface area (Å²) in [5, 5.41) is 2.02. The monoisotopic (exact) mass is 644 g/mol. The van der Waals surface area contributed by atoms with Crippen molar-refractivity contribution in [2.75, 3.05) is 4.90 Å².